The predicted octanol–water partition coefficient (Wildman–Crippen LogP) is 7.46. The van der Waals surface area contributed by atoms with Crippen molar-refractivity contribution in [3.63, 3.8) is 0 Å². The average molecular weight is 474 g/mol. The third-order valence-corrected chi connectivity index (χ3v) is 7.76. The standard InChI is InChI=1S/C22H24BrN3S2/c1-15-7-9-17(18-11-12-20(28-18)19-10-8-16(2)27-19)22-21(15)24-26(25-22)14-6-4-3-5-13-23/h7-12H,3-6,13-14H2,1-2H3. The molecule has 0 aliphatic carbocycles. The molecule has 3 aromatic heterocycles. The molecule has 0 atom stereocenters. The number of alkyl halides is 1. The monoisotopic (exact) mass is 473 g/mol. The first kappa shape index (κ1) is 19.8. The molecule has 0 unspecified atom stereocenters. The van der Waals surface area contributed by atoms with Crippen LogP contribution in [0.2, 0.25) is 0 Å². The van der Waals surface area contributed by atoms with Crippen LogP contribution in [0, 0.1) is 13.8 Å². The zero-order valence-corrected chi connectivity index (χ0v) is 19.5. The van der Waals surface area contributed by atoms with Crippen molar-refractivity contribution in [1.82, 2.24) is 15.0 Å². The van der Waals surface area contributed by atoms with Gasteiger partial charge >= 0.3 is 0 Å². The summed E-state index contributed by atoms with van der Waals surface area (Å²) in [5.74, 6) is 0. The summed E-state index contributed by atoms with van der Waals surface area (Å²) in [5, 5.41) is 10.7. The van der Waals surface area contributed by atoms with E-state index >= 15 is 0 Å². The van der Waals surface area contributed by atoms with Gasteiger partial charge in [0, 0.05) is 30.4 Å². The predicted molar refractivity (Wildman–Crippen MR) is 126 cm³/mol. The minimum Gasteiger partial charge on any atom is -0.184 e. The van der Waals surface area contributed by atoms with Crippen LogP contribution in [0.25, 0.3) is 31.2 Å². The molecule has 0 aliphatic heterocycles. The second kappa shape index (κ2) is 8.89. The van der Waals surface area contributed by atoms with Gasteiger partial charge in [-0.3, -0.25) is 0 Å². The summed E-state index contributed by atoms with van der Waals surface area (Å²) in [7, 11) is 0. The van der Waals surface area contributed by atoms with Crippen LogP contribution in [0.5, 0.6) is 0 Å². The highest BCUT2D eigenvalue weighted by molar-refractivity contribution is 9.09. The van der Waals surface area contributed by atoms with E-state index < -0.39 is 0 Å². The molecule has 4 rings (SSSR count). The van der Waals surface area contributed by atoms with Crippen molar-refractivity contribution in [2.24, 2.45) is 0 Å². The fourth-order valence-electron chi connectivity index (χ4n) is 3.34. The number of unbranched alkanes of at least 4 members (excludes halogenated alkanes) is 3. The fourth-order valence-corrected chi connectivity index (χ4v) is 5.73. The van der Waals surface area contributed by atoms with Crippen LogP contribution in [-0.2, 0) is 6.54 Å². The molecule has 0 bridgehead atoms. The zero-order chi connectivity index (χ0) is 19.5. The quantitative estimate of drug-likeness (QED) is 0.196. The summed E-state index contributed by atoms with van der Waals surface area (Å²) >= 11 is 7.18. The maximum absolute atomic E-state index is 4.86. The van der Waals surface area contributed by atoms with E-state index in [2.05, 4.69) is 66.2 Å². The number of aryl methyl sites for hydroxylation is 3. The Hall–Kier alpha value is -1.50. The summed E-state index contributed by atoms with van der Waals surface area (Å²) < 4.78 is 0. The molecule has 0 radical (unpaired) electrons. The maximum Gasteiger partial charge on any atom is 0.122 e. The summed E-state index contributed by atoms with van der Waals surface area (Å²) in [5.41, 5.74) is 4.43. The fraction of sp³-hybridized carbons (Fsp3) is 0.364. The van der Waals surface area contributed by atoms with Gasteiger partial charge in [0.25, 0.3) is 0 Å². The van der Waals surface area contributed by atoms with Crippen molar-refractivity contribution in [1.29, 1.82) is 0 Å². The van der Waals surface area contributed by atoms with Gasteiger partial charge < -0.3 is 0 Å². The molecule has 3 heterocycles. The van der Waals surface area contributed by atoms with E-state index in [0.29, 0.717) is 0 Å². The molecule has 0 amide bonds. The largest absolute Gasteiger partial charge is 0.184 e. The minimum absolute atomic E-state index is 0.889. The normalized spacial score (nSPS) is 11.5. The lowest BCUT2D eigenvalue weighted by atomic mass is 10.1. The van der Waals surface area contributed by atoms with Gasteiger partial charge in [0.2, 0.25) is 0 Å². The molecule has 0 saturated heterocycles. The lowest BCUT2D eigenvalue weighted by Gasteiger charge is -2.00. The van der Waals surface area contributed by atoms with Crippen molar-refractivity contribution in [2.45, 2.75) is 46.1 Å². The van der Waals surface area contributed by atoms with Gasteiger partial charge in [-0.15, -0.1) is 22.7 Å². The minimum atomic E-state index is 0.889. The average Bonchev–Trinajstić information content (AvgIpc) is 3.41. The van der Waals surface area contributed by atoms with Crippen molar-refractivity contribution in [2.75, 3.05) is 5.33 Å². The van der Waals surface area contributed by atoms with E-state index in [1.54, 1.807) is 0 Å². The highest BCUT2D eigenvalue weighted by Crippen LogP contribution is 2.39. The van der Waals surface area contributed by atoms with E-state index in [0.717, 1.165) is 29.3 Å². The number of hydrogen-bond donors (Lipinski definition) is 0. The Labute approximate surface area is 182 Å². The molecule has 0 aliphatic rings. The number of halogens is 1. The first-order chi connectivity index (χ1) is 13.7. The van der Waals surface area contributed by atoms with Crippen LogP contribution in [0.15, 0.2) is 36.4 Å². The maximum atomic E-state index is 4.86. The van der Waals surface area contributed by atoms with Gasteiger partial charge in [0.05, 0.1) is 6.54 Å². The molecule has 146 valence electrons. The second-order valence-corrected chi connectivity index (χ2v) is 10.3. The number of aromatic nitrogens is 3. The Morgan fingerprint density at radius 3 is 2.29 bits per heavy atom. The Bertz CT molecular complexity index is 1080. The molecule has 6 heteroatoms. The second-order valence-electron chi connectivity index (χ2n) is 7.10. The van der Waals surface area contributed by atoms with Crippen LogP contribution in [0.1, 0.15) is 36.1 Å². The number of hydrogen-bond acceptors (Lipinski definition) is 4. The lowest BCUT2D eigenvalue weighted by molar-refractivity contribution is 0.496. The highest BCUT2D eigenvalue weighted by Gasteiger charge is 2.14. The van der Waals surface area contributed by atoms with Crippen molar-refractivity contribution in [3.05, 3.63) is 46.8 Å². The SMILES string of the molecule is Cc1ccc(-c2ccc(-c3ccc(C)c4nn(CCCCCCBr)nc34)s2)s1. The van der Waals surface area contributed by atoms with E-state index in [9.17, 15) is 0 Å². The molecule has 0 N–H and O–H groups in total. The number of nitrogens with zero attached hydrogens (tertiary/aromatic N) is 3. The third kappa shape index (κ3) is 4.24. The summed E-state index contributed by atoms with van der Waals surface area (Å²) in [6.07, 6.45) is 4.85. The molecule has 0 saturated carbocycles. The Kier molecular flexibility index (Phi) is 6.28. The van der Waals surface area contributed by atoms with Gasteiger partial charge in [-0.1, -0.05) is 40.9 Å². The molecule has 28 heavy (non-hydrogen) atoms. The first-order valence-corrected chi connectivity index (χ1v) is 12.5. The van der Waals surface area contributed by atoms with E-state index in [-0.39, 0.29) is 0 Å². The van der Waals surface area contributed by atoms with Gasteiger partial charge in [-0.2, -0.15) is 15.0 Å². The van der Waals surface area contributed by atoms with Crippen LogP contribution in [0.3, 0.4) is 0 Å². The summed E-state index contributed by atoms with van der Waals surface area (Å²) in [4.78, 5) is 7.16. The number of benzene rings is 1. The molecular weight excluding hydrogens is 450 g/mol. The Morgan fingerprint density at radius 2 is 1.50 bits per heavy atom. The number of fused-ring (bicyclic) bond motifs is 1. The molecule has 3 nitrogen and oxygen atoms in total. The summed E-state index contributed by atoms with van der Waals surface area (Å²) in [6, 6.07) is 13.2. The van der Waals surface area contributed by atoms with Crippen molar-refractivity contribution < 1.29 is 0 Å². The number of thiophene rings is 2. The molecular formula is C22H24BrN3S2. The van der Waals surface area contributed by atoms with Crippen molar-refractivity contribution >= 4 is 49.6 Å². The molecule has 1 aromatic carbocycles. The smallest absolute Gasteiger partial charge is 0.122 e. The van der Waals surface area contributed by atoms with Gasteiger partial charge in [-0.05, 0) is 56.5 Å². The van der Waals surface area contributed by atoms with E-state index in [1.165, 1.54) is 49.9 Å². The van der Waals surface area contributed by atoms with Crippen LogP contribution >= 0.6 is 38.6 Å². The van der Waals surface area contributed by atoms with Gasteiger partial charge in [0.15, 0.2) is 0 Å². The number of rotatable bonds is 8. The third-order valence-electron chi connectivity index (χ3n) is 4.88. The van der Waals surface area contributed by atoms with Gasteiger partial charge in [-0.25, -0.2) is 0 Å². The zero-order valence-electron chi connectivity index (χ0n) is 16.2. The topological polar surface area (TPSA) is 30.7 Å². The van der Waals surface area contributed by atoms with Crippen LogP contribution < -0.4 is 0 Å². The molecule has 0 spiro atoms. The van der Waals surface area contributed by atoms with E-state index in [4.69, 9.17) is 10.2 Å². The first-order valence-electron chi connectivity index (χ1n) is 9.73. The van der Waals surface area contributed by atoms with Crippen LogP contribution in [0.4, 0.5) is 0 Å². The van der Waals surface area contributed by atoms with E-state index in [1.807, 2.05) is 27.5 Å². The highest BCUT2D eigenvalue weighted by atomic mass is 79.9. The Morgan fingerprint density at radius 1 is 0.786 bits per heavy atom. The Balaban J connectivity index is 1.61. The molecule has 4 aromatic rings. The lowest BCUT2D eigenvalue weighted by Crippen LogP contribution is -2.02. The summed E-state index contributed by atoms with van der Waals surface area (Å²) in [6.45, 7) is 5.17. The molecule has 0 fully saturated rings. The van der Waals surface area contributed by atoms with Crippen molar-refractivity contribution in [3.8, 4) is 20.2 Å². The van der Waals surface area contributed by atoms with Crippen LogP contribution in [-0.4, -0.2) is 20.3 Å². The van der Waals surface area contributed by atoms with Gasteiger partial charge in [0.1, 0.15) is 11.0 Å².